The number of hydrogen-bond acceptors (Lipinski definition) is 3. The Hall–Kier alpha value is -0.170. The monoisotopic (exact) mass is 223 g/mol. The smallest absolute Gasteiger partial charge is 0.277 e. The summed E-state index contributed by atoms with van der Waals surface area (Å²) < 4.78 is 27.8. The molecule has 0 radical (unpaired) electrons. The number of hydrogen-bond donors (Lipinski definition) is 3. The summed E-state index contributed by atoms with van der Waals surface area (Å²) in [6, 6.07) is 0. The molecule has 1 atom stereocenters. The first-order valence-electron chi connectivity index (χ1n) is 4.87. The fourth-order valence-corrected chi connectivity index (χ4v) is 2.52. The summed E-state index contributed by atoms with van der Waals surface area (Å²) in [6.45, 7) is 6.39. The Morgan fingerprint density at radius 1 is 1.36 bits per heavy atom. The van der Waals surface area contributed by atoms with Crippen molar-refractivity contribution in [1.82, 2.24) is 9.44 Å². The van der Waals surface area contributed by atoms with Gasteiger partial charge in [0, 0.05) is 12.1 Å². The second-order valence-corrected chi connectivity index (χ2v) is 5.06. The topological polar surface area (TPSA) is 84.2 Å². The van der Waals surface area contributed by atoms with E-state index in [4.69, 9.17) is 5.73 Å². The fourth-order valence-electron chi connectivity index (χ4n) is 1.17. The minimum Gasteiger partial charge on any atom is -0.330 e. The number of rotatable bonds is 7. The SMILES string of the molecule is CCNS(=O)(=O)NC(C)(CC)CCN. The van der Waals surface area contributed by atoms with Crippen LogP contribution in [0.5, 0.6) is 0 Å². The van der Waals surface area contributed by atoms with Crippen molar-refractivity contribution in [2.45, 2.75) is 39.2 Å². The Morgan fingerprint density at radius 2 is 1.93 bits per heavy atom. The maximum Gasteiger partial charge on any atom is 0.277 e. The maximum absolute atomic E-state index is 11.4. The van der Waals surface area contributed by atoms with Crippen LogP contribution in [-0.4, -0.2) is 27.0 Å². The number of nitrogens with one attached hydrogen (secondary N) is 2. The van der Waals surface area contributed by atoms with Gasteiger partial charge in [-0.15, -0.1) is 0 Å². The van der Waals surface area contributed by atoms with Crippen LogP contribution in [0.3, 0.4) is 0 Å². The van der Waals surface area contributed by atoms with Gasteiger partial charge < -0.3 is 5.73 Å². The number of nitrogens with two attached hydrogens (primary N) is 1. The van der Waals surface area contributed by atoms with Crippen molar-refractivity contribution in [3.63, 3.8) is 0 Å². The first-order chi connectivity index (χ1) is 6.39. The van der Waals surface area contributed by atoms with Crippen molar-refractivity contribution in [2.24, 2.45) is 5.73 Å². The van der Waals surface area contributed by atoms with E-state index in [9.17, 15) is 8.42 Å². The second kappa shape index (κ2) is 5.65. The van der Waals surface area contributed by atoms with Crippen LogP contribution < -0.4 is 15.2 Å². The van der Waals surface area contributed by atoms with Crippen LogP contribution in [0.25, 0.3) is 0 Å². The molecule has 0 aromatic carbocycles. The van der Waals surface area contributed by atoms with E-state index in [2.05, 4.69) is 9.44 Å². The average molecular weight is 223 g/mol. The minimum absolute atomic E-state index is 0.387. The summed E-state index contributed by atoms with van der Waals surface area (Å²) in [7, 11) is -3.38. The fraction of sp³-hybridized carbons (Fsp3) is 1.00. The van der Waals surface area contributed by atoms with E-state index in [0.717, 1.165) is 6.42 Å². The Kier molecular flexibility index (Phi) is 5.58. The highest BCUT2D eigenvalue weighted by molar-refractivity contribution is 7.87. The summed E-state index contributed by atoms with van der Waals surface area (Å²) in [4.78, 5) is 0. The highest BCUT2D eigenvalue weighted by atomic mass is 32.2. The Labute approximate surface area is 86.6 Å². The standard InChI is InChI=1S/C8H21N3O2S/c1-4-8(3,6-7-9)11-14(12,13)10-5-2/h10-11H,4-7,9H2,1-3H3. The van der Waals surface area contributed by atoms with Crippen molar-refractivity contribution in [3.05, 3.63) is 0 Å². The van der Waals surface area contributed by atoms with Crippen molar-refractivity contribution in [1.29, 1.82) is 0 Å². The molecule has 0 aliphatic rings. The summed E-state index contributed by atoms with van der Waals surface area (Å²) >= 11 is 0. The molecule has 86 valence electrons. The summed E-state index contributed by atoms with van der Waals surface area (Å²) in [5.74, 6) is 0. The Balaban J connectivity index is 4.44. The van der Waals surface area contributed by atoms with Crippen LogP contribution in [0.4, 0.5) is 0 Å². The Morgan fingerprint density at radius 3 is 2.29 bits per heavy atom. The van der Waals surface area contributed by atoms with E-state index in [-0.39, 0.29) is 0 Å². The average Bonchev–Trinajstić information content (AvgIpc) is 2.03. The quantitative estimate of drug-likeness (QED) is 0.565. The molecule has 0 heterocycles. The second-order valence-electron chi connectivity index (χ2n) is 3.56. The third-order valence-electron chi connectivity index (χ3n) is 2.19. The molecule has 0 fully saturated rings. The van der Waals surface area contributed by atoms with Gasteiger partial charge >= 0.3 is 0 Å². The first-order valence-corrected chi connectivity index (χ1v) is 6.36. The van der Waals surface area contributed by atoms with E-state index < -0.39 is 15.7 Å². The lowest BCUT2D eigenvalue weighted by Gasteiger charge is -2.28. The zero-order valence-electron chi connectivity index (χ0n) is 9.13. The molecule has 0 saturated carbocycles. The van der Waals surface area contributed by atoms with Crippen molar-refractivity contribution >= 4 is 10.2 Å². The van der Waals surface area contributed by atoms with Crippen molar-refractivity contribution in [2.75, 3.05) is 13.1 Å². The molecule has 5 nitrogen and oxygen atoms in total. The summed E-state index contributed by atoms with van der Waals surface area (Å²) in [5, 5.41) is 0. The van der Waals surface area contributed by atoms with Gasteiger partial charge in [-0.25, -0.2) is 4.72 Å². The molecule has 1 unspecified atom stereocenters. The van der Waals surface area contributed by atoms with Crippen LogP contribution in [-0.2, 0) is 10.2 Å². The largest absolute Gasteiger partial charge is 0.330 e. The molecule has 14 heavy (non-hydrogen) atoms. The molecule has 0 amide bonds. The van der Waals surface area contributed by atoms with Gasteiger partial charge in [-0.3, -0.25) is 0 Å². The van der Waals surface area contributed by atoms with E-state index in [0.29, 0.717) is 19.5 Å². The van der Waals surface area contributed by atoms with Crippen LogP contribution in [0, 0.1) is 0 Å². The molecule has 0 bridgehead atoms. The zero-order valence-corrected chi connectivity index (χ0v) is 9.95. The lowest BCUT2D eigenvalue weighted by atomic mass is 9.96. The summed E-state index contributed by atoms with van der Waals surface area (Å²) in [6.07, 6.45) is 1.35. The van der Waals surface area contributed by atoms with Crippen LogP contribution in [0.1, 0.15) is 33.6 Å². The van der Waals surface area contributed by atoms with Crippen LogP contribution in [0.15, 0.2) is 0 Å². The molecular weight excluding hydrogens is 202 g/mol. The van der Waals surface area contributed by atoms with E-state index >= 15 is 0 Å². The van der Waals surface area contributed by atoms with E-state index in [1.165, 1.54) is 0 Å². The van der Waals surface area contributed by atoms with E-state index in [1.807, 2.05) is 13.8 Å². The predicted octanol–water partition coefficient (Wildman–Crippen LogP) is -0.0522. The first kappa shape index (κ1) is 13.8. The molecular formula is C8H21N3O2S. The lowest BCUT2D eigenvalue weighted by Crippen LogP contribution is -2.51. The van der Waals surface area contributed by atoms with Gasteiger partial charge in [0.1, 0.15) is 0 Å². The molecule has 0 aromatic rings. The zero-order chi connectivity index (χ0) is 11.2. The molecule has 0 aliphatic heterocycles. The van der Waals surface area contributed by atoms with Gasteiger partial charge in [0.15, 0.2) is 0 Å². The Bertz CT molecular complexity index is 253. The summed E-state index contributed by atoms with van der Waals surface area (Å²) in [5.41, 5.74) is 4.98. The van der Waals surface area contributed by atoms with Crippen LogP contribution in [0.2, 0.25) is 0 Å². The lowest BCUT2D eigenvalue weighted by molar-refractivity contribution is 0.376. The third-order valence-corrected chi connectivity index (χ3v) is 3.62. The van der Waals surface area contributed by atoms with Gasteiger partial charge in [0.05, 0.1) is 0 Å². The van der Waals surface area contributed by atoms with Gasteiger partial charge in [-0.1, -0.05) is 13.8 Å². The third kappa shape index (κ3) is 4.90. The van der Waals surface area contributed by atoms with Crippen molar-refractivity contribution < 1.29 is 8.42 Å². The highest BCUT2D eigenvalue weighted by Crippen LogP contribution is 2.14. The normalized spacial score (nSPS) is 16.6. The molecule has 0 rings (SSSR count). The molecule has 0 spiro atoms. The van der Waals surface area contributed by atoms with Crippen LogP contribution >= 0.6 is 0 Å². The molecule has 0 saturated heterocycles. The van der Waals surface area contributed by atoms with Gasteiger partial charge in [0.25, 0.3) is 10.2 Å². The highest BCUT2D eigenvalue weighted by Gasteiger charge is 2.26. The maximum atomic E-state index is 11.4. The minimum atomic E-state index is -3.38. The molecule has 0 aromatic heterocycles. The van der Waals surface area contributed by atoms with Gasteiger partial charge in [0.2, 0.25) is 0 Å². The molecule has 6 heteroatoms. The predicted molar refractivity (Wildman–Crippen MR) is 58.1 cm³/mol. The van der Waals surface area contributed by atoms with E-state index in [1.54, 1.807) is 6.92 Å². The van der Waals surface area contributed by atoms with Crippen molar-refractivity contribution in [3.8, 4) is 0 Å². The molecule has 4 N–H and O–H groups in total. The molecule has 0 aliphatic carbocycles. The van der Waals surface area contributed by atoms with Gasteiger partial charge in [-0.2, -0.15) is 13.1 Å². The van der Waals surface area contributed by atoms with Gasteiger partial charge in [-0.05, 0) is 26.3 Å².